The van der Waals surface area contributed by atoms with Crippen molar-refractivity contribution < 1.29 is 22.5 Å². The molecule has 0 unspecified atom stereocenters. The van der Waals surface area contributed by atoms with Crippen LogP contribution < -0.4 is 10.1 Å². The molecule has 9 nitrogen and oxygen atoms in total. The molecule has 1 amide bonds. The zero-order chi connectivity index (χ0) is 19.6. The van der Waals surface area contributed by atoms with Crippen LogP contribution in [-0.2, 0) is 14.8 Å². The maximum atomic E-state index is 13.0. The quantitative estimate of drug-likeness (QED) is 0.821. The van der Waals surface area contributed by atoms with Crippen LogP contribution in [-0.4, -0.2) is 49.0 Å². The van der Waals surface area contributed by atoms with Crippen molar-refractivity contribution in [1.82, 2.24) is 14.4 Å². The highest BCUT2D eigenvalue weighted by molar-refractivity contribution is 7.89. The van der Waals surface area contributed by atoms with Crippen molar-refractivity contribution in [2.45, 2.75) is 31.6 Å². The highest BCUT2D eigenvalue weighted by Crippen LogP contribution is 2.28. The average Bonchev–Trinajstić information content (AvgIpc) is 3.01. The Morgan fingerprint density at radius 3 is 2.74 bits per heavy atom. The number of piperidine rings is 1. The SMILES string of the molecule is COc1ccc(NC(=O)[C@@H]2CCCN(S(=O)(=O)c3c(C)noc3C)C2)cn1. The van der Waals surface area contributed by atoms with E-state index < -0.39 is 15.9 Å². The van der Waals surface area contributed by atoms with Gasteiger partial charge in [0, 0.05) is 19.2 Å². The van der Waals surface area contributed by atoms with E-state index in [2.05, 4.69) is 15.5 Å². The molecule has 1 fully saturated rings. The second-order valence-corrected chi connectivity index (χ2v) is 8.31. The second kappa shape index (κ2) is 7.65. The summed E-state index contributed by atoms with van der Waals surface area (Å²) in [5.41, 5.74) is 0.856. The molecular formula is C17H22N4O5S. The number of hydrogen-bond donors (Lipinski definition) is 1. The zero-order valence-corrected chi connectivity index (χ0v) is 16.2. The van der Waals surface area contributed by atoms with Gasteiger partial charge < -0.3 is 14.6 Å². The fraction of sp³-hybridized carbons (Fsp3) is 0.471. The molecule has 0 aromatic carbocycles. The van der Waals surface area contributed by atoms with E-state index in [9.17, 15) is 13.2 Å². The highest BCUT2D eigenvalue weighted by Gasteiger charge is 2.36. The molecule has 10 heteroatoms. The summed E-state index contributed by atoms with van der Waals surface area (Å²) in [6, 6.07) is 3.33. The number of nitrogens with one attached hydrogen (secondary N) is 1. The van der Waals surface area contributed by atoms with E-state index in [1.807, 2.05) is 0 Å². The minimum Gasteiger partial charge on any atom is -0.481 e. The lowest BCUT2D eigenvalue weighted by Crippen LogP contribution is -2.43. The van der Waals surface area contributed by atoms with Crippen LogP contribution in [0.15, 0.2) is 27.7 Å². The lowest BCUT2D eigenvalue weighted by atomic mass is 9.99. The molecule has 1 N–H and O–H groups in total. The van der Waals surface area contributed by atoms with Crippen LogP contribution in [0.4, 0.5) is 5.69 Å². The number of aryl methyl sites for hydroxylation is 2. The Bertz CT molecular complexity index is 904. The summed E-state index contributed by atoms with van der Waals surface area (Å²) < 4.78 is 37.2. The number of pyridine rings is 1. The first kappa shape index (κ1) is 19.3. The molecule has 2 aromatic heterocycles. The number of carbonyl (C=O) groups is 1. The molecular weight excluding hydrogens is 372 g/mol. The molecule has 27 heavy (non-hydrogen) atoms. The summed E-state index contributed by atoms with van der Waals surface area (Å²) in [6.07, 6.45) is 2.71. The Kier molecular flexibility index (Phi) is 5.47. The number of carbonyl (C=O) groups excluding carboxylic acids is 1. The Morgan fingerprint density at radius 1 is 1.37 bits per heavy atom. The van der Waals surface area contributed by atoms with Gasteiger partial charge in [0.2, 0.25) is 21.8 Å². The van der Waals surface area contributed by atoms with Crippen molar-refractivity contribution in [3.05, 3.63) is 29.8 Å². The van der Waals surface area contributed by atoms with E-state index in [0.717, 1.165) is 0 Å². The first-order valence-corrected chi connectivity index (χ1v) is 10.0. The van der Waals surface area contributed by atoms with Gasteiger partial charge in [-0.2, -0.15) is 4.31 Å². The normalized spacial score (nSPS) is 18.3. The van der Waals surface area contributed by atoms with Crippen LogP contribution in [0.1, 0.15) is 24.3 Å². The molecule has 0 radical (unpaired) electrons. The van der Waals surface area contributed by atoms with Crippen LogP contribution in [0.5, 0.6) is 5.88 Å². The van der Waals surface area contributed by atoms with E-state index in [4.69, 9.17) is 9.26 Å². The fourth-order valence-electron chi connectivity index (χ4n) is 3.17. The third-order valence-corrected chi connectivity index (χ3v) is 6.64. The molecule has 3 heterocycles. The van der Waals surface area contributed by atoms with E-state index >= 15 is 0 Å². The van der Waals surface area contributed by atoms with Gasteiger partial charge in [-0.15, -0.1) is 0 Å². The smallest absolute Gasteiger partial charge is 0.248 e. The van der Waals surface area contributed by atoms with Crippen molar-refractivity contribution >= 4 is 21.6 Å². The van der Waals surface area contributed by atoms with Crippen LogP contribution in [0.3, 0.4) is 0 Å². The van der Waals surface area contributed by atoms with Gasteiger partial charge in [-0.25, -0.2) is 13.4 Å². The molecule has 1 atom stereocenters. The summed E-state index contributed by atoms with van der Waals surface area (Å²) in [7, 11) is -2.25. The van der Waals surface area contributed by atoms with Crippen LogP contribution in [0.25, 0.3) is 0 Å². The van der Waals surface area contributed by atoms with Crippen molar-refractivity contribution in [2.75, 3.05) is 25.5 Å². The van der Waals surface area contributed by atoms with E-state index in [-0.39, 0.29) is 23.1 Å². The predicted molar refractivity (Wildman–Crippen MR) is 96.9 cm³/mol. The van der Waals surface area contributed by atoms with Gasteiger partial charge in [0.05, 0.1) is 24.9 Å². The molecule has 0 saturated carbocycles. The number of amides is 1. The first-order valence-electron chi connectivity index (χ1n) is 8.57. The van der Waals surface area contributed by atoms with Crippen molar-refractivity contribution in [1.29, 1.82) is 0 Å². The van der Waals surface area contributed by atoms with Crippen LogP contribution in [0, 0.1) is 19.8 Å². The molecule has 3 rings (SSSR count). The molecule has 0 aliphatic carbocycles. The Balaban J connectivity index is 1.72. The standard InChI is InChI=1S/C17H22N4O5S/c1-11-16(12(2)26-20-11)27(23,24)21-8-4-5-13(10-21)17(22)19-14-6-7-15(25-3)18-9-14/h6-7,9,13H,4-5,8,10H2,1-3H3,(H,19,22)/t13-/m1/s1. The number of hydrogen-bond acceptors (Lipinski definition) is 7. The molecule has 1 aliphatic heterocycles. The van der Waals surface area contributed by atoms with Crippen molar-refractivity contribution in [3.63, 3.8) is 0 Å². The average molecular weight is 394 g/mol. The highest BCUT2D eigenvalue weighted by atomic mass is 32.2. The largest absolute Gasteiger partial charge is 0.481 e. The van der Waals surface area contributed by atoms with Crippen molar-refractivity contribution in [3.8, 4) is 5.88 Å². The summed E-state index contributed by atoms with van der Waals surface area (Å²) in [5, 5.41) is 6.51. The minimum atomic E-state index is -3.76. The molecule has 146 valence electrons. The van der Waals surface area contributed by atoms with Gasteiger partial charge in [0.15, 0.2) is 5.76 Å². The molecule has 1 aliphatic rings. The summed E-state index contributed by atoms with van der Waals surface area (Å²) >= 11 is 0. The predicted octanol–water partition coefficient (Wildman–Crippen LogP) is 1.73. The fourth-order valence-corrected chi connectivity index (χ4v) is 4.98. The van der Waals surface area contributed by atoms with Crippen LogP contribution in [0.2, 0.25) is 0 Å². The number of sulfonamides is 1. The number of anilines is 1. The maximum absolute atomic E-state index is 13.0. The lowest BCUT2D eigenvalue weighted by molar-refractivity contribution is -0.120. The number of methoxy groups -OCH3 is 1. The summed E-state index contributed by atoms with van der Waals surface area (Å²) in [4.78, 5) is 16.7. The topological polar surface area (TPSA) is 115 Å². The van der Waals surface area contributed by atoms with E-state index in [0.29, 0.717) is 36.6 Å². The van der Waals surface area contributed by atoms with E-state index in [1.54, 1.807) is 26.0 Å². The third kappa shape index (κ3) is 3.96. The summed E-state index contributed by atoms with van der Waals surface area (Å²) in [5.74, 6) is 0.0162. The van der Waals surface area contributed by atoms with Crippen LogP contribution >= 0.6 is 0 Å². The van der Waals surface area contributed by atoms with Gasteiger partial charge in [0.25, 0.3) is 0 Å². The molecule has 0 bridgehead atoms. The monoisotopic (exact) mass is 394 g/mol. The maximum Gasteiger partial charge on any atom is 0.248 e. The number of ether oxygens (including phenoxy) is 1. The van der Waals surface area contributed by atoms with Gasteiger partial charge in [-0.3, -0.25) is 4.79 Å². The Hall–Kier alpha value is -2.46. The van der Waals surface area contributed by atoms with Gasteiger partial charge in [-0.05, 0) is 32.8 Å². The number of rotatable bonds is 5. The minimum absolute atomic E-state index is 0.0860. The summed E-state index contributed by atoms with van der Waals surface area (Å²) in [6.45, 7) is 3.63. The first-order chi connectivity index (χ1) is 12.8. The number of nitrogens with zero attached hydrogens (tertiary/aromatic N) is 3. The molecule has 0 spiro atoms. The van der Waals surface area contributed by atoms with Gasteiger partial charge >= 0.3 is 0 Å². The molecule has 1 saturated heterocycles. The van der Waals surface area contributed by atoms with Gasteiger partial charge in [-0.1, -0.05) is 5.16 Å². The Labute approximate surface area is 157 Å². The van der Waals surface area contributed by atoms with E-state index in [1.165, 1.54) is 17.6 Å². The molecule has 2 aromatic rings. The third-order valence-electron chi connectivity index (χ3n) is 4.53. The Morgan fingerprint density at radius 2 is 2.15 bits per heavy atom. The lowest BCUT2D eigenvalue weighted by Gasteiger charge is -2.31. The zero-order valence-electron chi connectivity index (χ0n) is 15.4. The second-order valence-electron chi connectivity index (χ2n) is 6.43. The van der Waals surface area contributed by atoms with Gasteiger partial charge in [0.1, 0.15) is 10.6 Å². The van der Waals surface area contributed by atoms with Crippen molar-refractivity contribution in [2.24, 2.45) is 5.92 Å². The number of aromatic nitrogens is 2.